The van der Waals surface area contributed by atoms with Crippen molar-refractivity contribution in [2.24, 2.45) is 0 Å². The quantitative estimate of drug-likeness (QED) is 0.523. The van der Waals surface area contributed by atoms with E-state index in [0.717, 1.165) is 16.5 Å². The van der Waals surface area contributed by atoms with Gasteiger partial charge in [-0.3, -0.25) is 0 Å². The number of carbonyl (C=O) groups excluding carboxylic acids is 1. The summed E-state index contributed by atoms with van der Waals surface area (Å²) in [4.78, 5) is 24.3. The summed E-state index contributed by atoms with van der Waals surface area (Å²) in [6.07, 6.45) is -0.852. The van der Waals surface area contributed by atoms with Crippen LogP contribution in [0.5, 0.6) is 11.5 Å². The molecule has 0 amide bonds. The largest absolute Gasteiger partial charge is 0.485 e. The smallest absolute Gasteiger partial charge is 0.351 e. The molecule has 2 heterocycles. The Hall–Kier alpha value is -3.28. The summed E-state index contributed by atoms with van der Waals surface area (Å²) in [6.45, 7) is 3.86. The Kier molecular flexibility index (Phi) is 4.32. The molecule has 4 rings (SSSR count). The van der Waals surface area contributed by atoms with Crippen LogP contribution in [0.2, 0.25) is 0 Å². The molecule has 0 unspecified atom stereocenters. The van der Waals surface area contributed by atoms with Gasteiger partial charge in [-0.15, -0.1) is 0 Å². The first kappa shape index (κ1) is 17.1. The Morgan fingerprint density at radius 2 is 1.93 bits per heavy atom. The van der Waals surface area contributed by atoms with Crippen LogP contribution in [0.4, 0.5) is 0 Å². The van der Waals surface area contributed by atoms with Crippen LogP contribution in [-0.2, 0) is 16.1 Å². The third-order valence-corrected chi connectivity index (χ3v) is 4.66. The van der Waals surface area contributed by atoms with E-state index in [1.807, 2.05) is 32.0 Å². The lowest BCUT2D eigenvalue weighted by Crippen LogP contribution is -2.37. The van der Waals surface area contributed by atoms with Gasteiger partial charge in [-0.1, -0.05) is 24.3 Å². The van der Waals surface area contributed by atoms with Crippen LogP contribution in [0.1, 0.15) is 16.7 Å². The second-order valence-electron chi connectivity index (χ2n) is 6.45. The van der Waals surface area contributed by atoms with Crippen LogP contribution < -0.4 is 15.1 Å². The molecule has 6 heteroatoms. The minimum atomic E-state index is -0.852. The lowest BCUT2D eigenvalue weighted by Gasteiger charge is -2.25. The molecule has 0 fully saturated rings. The number of para-hydroxylation sites is 2. The van der Waals surface area contributed by atoms with Gasteiger partial charge in [0.25, 0.3) is 0 Å². The highest BCUT2D eigenvalue weighted by molar-refractivity contribution is 5.84. The van der Waals surface area contributed by atoms with E-state index >= 15 is 0 Å². The van der Waals surface area contributed by atoms with E-state index in [0.29, 0.717) is 22.6 Å². The molecule has 2 aromatic carbocycles. The molecule has 0 N–H and O–H groups in total. The average Bonchev–Trinajstić information content (AvgIpc) is 2.68. The van der Waals surface area contributed by atoms with Gasteiger partial charge in [0.1, 0.15) is 18.8 Å². The molecule has 138 valence electrons. The molecule has 0 bridgehead atoms. The van der Waals surface area contributed by atoms with Crippen molar-refractivity contribution in [2.45, 2.75) is 26.6 Å². The predicted octanol–water partition coefficient (Wildman–Crippen LogP) is 3.29. The van der Waals surface area contributed by atoms with Crippen molar-refractivity contribution in [3.63, 3.8) is 0 Å². The van der Waals surface area contributed by atoms with Gasteiger partial charge in [0, 0.05) is 17.0 Å². The van der Waals surface area contributed by atoms with E-state index in [4.69, 9.17) is 18.6 Å². The maximum atomic E-state index is 12.4. The van der Waals surface area contributed by atoms with Crippen molar-refractivity contribution in [2.75, 3.05) is 6.61 Å². The minimum Gasteiger partial charge on any atom is -0.485 e. The Morgan fingerprint density at radius 3 is 2.74 bits per heavy atom. The molecule has 27 heavy (non-hydrogen) atoms. The molecule has 6 nitrogen and oxygen atoms in total. The zero-order valence-electron chi connectivity index (χ0n) is 15.0. The monoisotopic (exact) mass is 366 g/mol. The summed E-state index contributed by atoms with van der Waals surface area (Å²) in [6, 6.07) is 12.3. The number of rotatable bonds is 3. The highest BCUT2D eigenvalue weighted by Gasteiger charge is 2.28. The van der Waals surface area contributed by atoms with Gasteiger partial charge in [-0.2, -0.15) is 0 Å². The molecule has 0 radical (unpaired) electrons. The number of fused-ring (bicyclic) bond motifs is 2. The molecular formula is C21H18O6. The highest BCUT2D eigenvalue weighted by atomic mass is 16.6. The van der Waals surface area contributed by atoms with Gasteiger partial charge in [-0.05, 0) is 37.1 Å². The zero-order chi connectivity index (χ0) is 19.0. The number of hydrogen-bond donors (Lipinski definition) is 0. The third-order valence-electron chi connectivity index (χ3n) is 4.66. The number of esters is 1. The molecule has 1 aliphatic rings. The van der Waals surface area contributed by atoms with Crippen molar-refractivity contribution in [1.82, 2.24) is 0 Å². The maximum Gasteiger partial charge on any atom is 0.351 e. The van der Waals surface area contributed by atoms with Gasteiger partial charge in [0.2, 0.25) is 6.10 Å². The van der Waals surface area contributed by atoms with Crippen molar-refractivity contribution < 1.29 is 23.4 Å². The number of ether oxygens (including phenoxy) is 3. The number of benzene rings is 2. The summed E-state index contributed by atoms with van der Waals surface area (Å²) in [5.41, 5.74) is 2.53. The fraction of sp³-hybridized carbons (Fsp3) is 0.238. The van der Waals surface area contributed by atoms with Gasteiger partial charge in [-0.25, -0.2) is 9.59 Å². The molecule has 0 aliphatic carbocycles. The fourth-order valence-corrected chi connectivity index (χ4v) is 3.02. The lowest BCUT2D eigenvalue weighted by atomic mass is 10.0. The second-order valence-corrected chi connectivity index (χ2v) is 6.45. The minimum absolute atomic E-state index is 0.0507. The first-order valence-electron chi connectivity index (χ1n) is 8.61. The Bertz CT molecular complexity index is 1080. The molecule has 1 aliphatic heterocycles. The molecule has 0 saturated heterocycles. The van der Waals surface area contributed by atoms with Crippen molar-refractivity contribution in [3.05, 3.63) is 69.6 Å². The van der Waals surface area contributed by atoms with Crippen molar-refractivity contribution >= 4 is 16.9 Å². The first-order chi connectivity index (χ1) is 13.0. The molecule has 0 saturated carbocycles. The Balaban J connectivity index is 1.53. The molecule has 0 spiro atoms. The highest BCUT2D eigenvalue weighted by Crippen LogP contribution is 2.31. The van der Waals surface area contributed by atoms with Gasteiger partial charge in [0.05, 0.1) is 0 Å². The van der Waals surface area contributed by atoms with Gasteiger partial charge in [0.15, 0.2) is 11.5 Å². The van der Waals surface area contributed by atoms with E-state index in [-0.39, 0.29) is 13.2 Å². The number of hydrogen-bond acceptors (Lipinski definition) is 6. The van der Waals surface area contributed by atoms with E-state index in [9.17, 15) is 9.59 Å². The Morgan fingerprint density at radius 1 is 1.15 bits per heavy atom. The summed E-state index contributed by atoms with van der Waals surface area (Å²) < 4.78 is 21.9. The SMILES string of the molecule is Cc1ccc2c(COC(=O)[C@H]3COc4ccccc4O3)cc(=O)oc2c1C. The number of carbonyl (C=O) groups is 1. The van der Waals surface area contributed by atoms with E-state index < -0.39 is 17.7 Å². The van der Waals surface area contributed by atoms with Gasteiger partial charge < -0.3 is 18.6 Å². The van der Waals surface area contributed by atoms with Crippen LogP contribution in [0.15, 0.2) is 51.7 Å². The van der Waals surface area contributed by atoms with Crippen LogP contribution in [0, 0.1) is 13.8 Å². The average molecular weight is 366 g/mol. The van der Waals surface area contributed by atoms with Crippen LogP contribution in [0.25, 0.3) is 11.0 Å². The maximum absolute atomic E-state index is 12.4. The second kappa shape index (κ2) is 6.79. The van der Waals surface area contributed by atoms with E-state index in [2.05, 4.69) is 0 Å². The predicted molar refractivity (Wildman–Crippen MR) is 98.1 cm³/mol. The van der Waals surface area contributed by atoms with Crippen molar-refractivity contribution in [1.29, 1.82) is 0 Å². The standard InChI is InChI=1S/C21H18O6/c1-12-7-8-15-14(9-19(22)27-20(15)13(12)2)10-25-21(23)18-11-24-16-5-3-4-6-17(16)26-18/h3-9,18H,10-11H2,1-2H3/t18-/m1/s1. The van der Waals surface area contributed by atoms with E-state index in [1.165, 1.54) is 6.07 Å². The zero-order valence-corrected chi connectivity index (χ0v) is 15.0. The topological polar surface area (TPSA) is 75.0 Å². The first-order valence-corrected chi connectivity index (χ1v) is 8.61. The molecular weight excluding hydrogens is 348 g/mol. The van der Waals surface area contributed by atoms with Crippen LogP contribution in [0.3, 0.4) is 0 Å². The molecule has 3 aromatic rings. The van der Waals surface area contributed by atoms with E-state index in [1.54, 1.807) is 18.2 Å². The lowest BCUT2D eigenvalue weighted by molar-refractivity contribution is -0.155. The third kappa shape index (κ3) is 3.26. The normalized spacial score (nSPS) is 15.6. The number of aryl methyl sites for hydroxylation is 2. The van der Waals surface area contributed by atoms with Crippen LogP contribution in [-0.4, -0.2) is 18.7 Å². The summed E-state index contributed by atoms with van der Waals surface area (Å²) in [5, 5.41) is 0.747. The van der Waals surface area contributed by atoms with Crippen molar-refractivity contribution in [3.8, 4) is 11.5 Å². The van der Waals surface area contributed by atoms with Crippen LogP contribution >= 0.6 is 0 Å². The molecule has 1 atom stereocenters. The summed E-state index contributed by atoms with van der Waals surface area (Å²) in [7, 11) is 0. The fourth-order valence-electron chi connectivity index (χ4n) is 3.02. The summed E-state index contributed by atoms with van der Waals surface area (Å²) in [5.74, 6) is 0.552. The summed E-state index contributed by atoms with van der Waals surface area (Å²) >= 11 is 0. The van der Waals surface area contributed by atoms with Gasteiger partial charge >= 0.3 is 11.6 Å². The Labute approximate surface area is 155 Å². The molecule has 1 aromatic heterocycles.